The summed E-state index contributed by atoms with van der Waals surface area (Å²) in [6, 6.07) is 15.2. The lowest BCUT2D eigenvalue weighted by molar-refractivity contribution is -0.147. The van der Waals surface area contributed by atoms with Gasteiger partial charge >= 0.3 is 12.1 Å². The van der Waals surface area contributed by atoms with Gasteiger partial charge in [0.15, 0.2) is 0 Å². The largest absolute Gasteiger partial charge is 0.480 e. The van der Waals surface area contributed by atoms with Crippen LogP contribution in [-0.2, 0) is 14.3 Å². The van der Waals surface area contributed by atoms with Gasteiger partial charge in [-0.1, -0.05) is 55.5 Å². The Bertz CT molecular complexity index is 1030. The third-order valence-electron chi connectivity index (χ3n) is 6.87. The van der Waals surface area contributed by atoms with Crippen molar-refractivity contribution in [2.24, 2.45) is 0 Å². The van der Waals surface area contributed by atoms with E-state index in [4.69, 9.17) is 4.74 Å². The highest BCUT2D eigenvalue weighted by Gasteiger charge is 2.33. The highest BCUT2D eigenvalue weighted by molar-refractivity contribution is 5.81. The first-order chi connectivity index (χ1) is 16.4. The number of alkyl carbamates (subject to hydrolysis) is 1. The number of benzene rings is 2. The van der Waals surface area contributed by atoms with Gasteiger partial charge in [-0.05, 0) is 35.7 Å². The summed E-state index contributed by atoms with van der Waals surface area (Å²) in [7, 11) is 1.74. The van der Waals surface area contributed by atoms with Gasteiger partial charge in [0.25, 0.3) is 0 Å². The summed E-state index contributed by atoms with van der Waals surface area (Å²) in [5.74, 6) is -1.13. The van der Waals surface area contributed by atoms with Gasteiger partial charge in [0.2, 0.25) is 5.91 Å². The van der Waals surface area contributed by atoms with Crippen molar-refractivity contribution in [1.82, 2.24) is 15.1 Å². The van der Waals surface area contributed by atoms with Crippen molar-refractivity contribution < 1.29 is 24.2 Å². The van der Waals surface area contributed by atoms with Gasteiger partial charge in [0, 0.05) is 38.0 Å². The lowest BCUT2D eigenvalue weighted by atomic mass is 9.98. The number of carboxylic acids is 1. The van der Waals surface area contributed by atoms with Crippen LogP contribution in [0.1, 0.15) is 36.8 Å². The Morgan fingerprint density at radius 1 is 1.06 bits per heavy atom. The Balaban J connectivity index is 1.33. The topological polar surface area (TPSA) is 99.2 Å². The molecule has 2 amide bonds. The Hall–Kier alpha value is -3.39. The molecule has 0 spiro atoms. The fourth-order valence-electron chi connectivity index (χ4n) is 4.81. The quantitative estimate of drug-likeness (QED) is 0.652. The van der Waals surface area contributed by atoms with Crippen LogP contribution < -0.4 is 5.32 Å². The van der Waals surface area contributed by atoms with Crippen LogP contribution in [0, 0.1) is 0 Å². The number of carboxylic acid groups (broad SMARTS) is 1. The van der Waals surface area contributed by atoms with E-state index in [1.165, 1.54) is 0 Å². The highest BCUT2D eigenvalue weighted by atomic mass is 16.5. The van der Waals surface area contributed by atoms with E-state index in [9.17, 15) is 19.5 Å². The first kappa shape index (κ1) is 23.8. The highest BCUT2D eigenvalue weighted by Crippen LogP contribution is 2.44. The van der Waals surface area contributed by atoms with E-state index >= 15 is 0 Å². The maximum atomic E-state index is 12.8. The van der Waals surface area contributed by atoms with Crippen LogP contribution in [0.3, 0.4) is 0 Å². The Morgan fingerprint density at radius 2 is 1.68 bits per heavy atom. The molecule has 1 heterocycles. The monoisotopic (exact) mass is 465 g/mol. The molecule has 2 aliphatic rings. The molecule has 8 heteroatoms. The number of carbonyl (C=O) groups excluding carboxylic acids is 2. The molecule has 180 valence electrons. The van der Waals surface area contributed by atoms with Crippen LogP contribution >= 0.6 is 0 Å². The number of nitrogens with one attached hydrogen (secondary N) is 1. The van der Waals surface area contributed by atoms with Crippen LogP contribution in [0.2, 0.25) is 0 Å². The van der Waals surface area contributed by atoms with Crippen LogP contribution in [0.15, 0.2) is 48.5 Å². The molecule has 0 radical (unpaired) electrons. The molecule has 34 heavy (non-hydrogen) atoms. The van der Waals surface area contributed by atoms with Gasteiger partial charge in [-0.15, -0.1) is 0 Å². The molecular formula is C26H31N3O5. The van der Waals surface area contributed by atoms with E-state index in [-0.39, 0.29) is 37.4 Å². The van der Waals surface area contributed by atoms with Crippen molar-refractivity contribution in [2.75, 3.05) is 33.3 Å². The zero-order chi connectivity index (χ0) is 24.2. The van der Waals surface area contributed by atoms with Crippen molar-refractivity contribution >= 4 is 18.0 Å². The number of fused-ring (bicyclic) bond motifs is 3. The number of nitrogens with zero attached hydrogens (tertiary/aromatic N) is 2. The third kappa shape index (κ3) is 4.92. The standard InChI is InChI=1S/C26H31N3O5/c1-3-17(14-24(30)29-13-12-28(2)23(15-29)25(31)32)27-26(33)34-16-22-20-10-6-4-8-18(20)19-9-5-7-11-21(19)22/h4-11,17,22-23H,3,12-16H2,1-2H3,(H,27,33)(H,31,32)/t17-,23?/m0/s1. The number of carbonyl (C=O) groups is 3. The van der Waals surface area contributed by atoms with Gasteiger partial charge in [-0.3, -0.25) is 14.5 Å². The molecule has 0 aromatic heterocycles. The lowest BCUT2D eigenvalue weighted by Crippen LogP contribution is -2.56. The van der Waals surface area contributed by atoms with Crippen molar-refractivity contribution in [2.45, 2.75) is 37.8 Å². The summed E-state index contributed by atoms with van der Waals surface area (Å²) in [5, 5.41) is 12.2. The first-order valence-corrected chi connectivity index (χ1v) is 11.7. The van der Waals surface area contributed by atoms with E-state index in [1.54, 1.807) is 16.8 Å². The summed E-state index contributed by atoms with van der Waals surface area (Å²) < 4.78 is 5.60. The van der Waals surface area contributed by atoms with Crippen molar-refractivity contribution in [3.63, 3.8) is 0 Å². The molecule has 1 aliphatic heterocycles. The van der Waals surface area contributed by atoms with Crippen LogP contribution in [-0.4, -0.2) is 78.2 Å². The Kier molecular flexibility index (Phi) is 7.17. The fraction of sp³-hybridized carbons (Fsp3) is 0.423. The van der Waals surface area contributed by atoms with E-state index in [0.29, 0.717) is 19.5 Å². The van der Waals surface area contributed by atoms with Crippen LogP contribution in [0.4, 0.5) is 4.79 Å². The second-order valence-corrected chi connectivity index (χ2v) is 8.95. The Labute approximate surface area is 199 Å². The van der Waals surface area contributed by atoms with Crippen molar-refractivity contribution in [3.05, 3.63) is 59.7 Å². The smallest absolute Gasteiger partial charge is 0.407 e. The summed E-state index contributed by atoms with van der Waals surface area (Å²) in [5.41, 5.74) is 4.61. The van der Waals surface area contributed by atoms with Gasteiger partial charge < -0.3 is 20.1 Å². The number of hydrogen-bond acceptors (Lipinski definition) is 5. The zero-order valence-electron chi connectivity index (χ0n) is 19.6. The van der Waals surface area contributed by atoms with E-state index in [1.807, 2.05) is 31.2 Å². The molecule has 2 N–H and O–H groups in total. The average Bonchev–Trinajstić information content (AvgIpc) is 3.16. The van der Waals surface area contributed by atoms with Crippen molar-refractivity contribution in [3.8, 4) is 11.1 Å². The molecule has 4 rings (SSSR count). The maximum Gasteiger partial charge on any atom is 0.407 e. The number of amides is 2. The number of ether oxygens (including phenoxy) is 1. The van der Waals surface area contributed by atoms with E-state index in [0.717, 1.165) is 22.3 Å². The molecular weight excluding hydrogens is 434 g/mol. The molecule has 2 atom stereocenters. The number of likely N-dealkylation sites (N-methyl/N-ethyl adjacent to an activating group) is 1. The number of piperazine rings is 1. The van der Waals surface area contributed by atoms with Gasteiger partial charge in [0.05, 0.1) is 0 Å². The fourth-order valence-corrected chi connectivity index (χ4v) is 4.81. The van der Waals surface area contributed by atoms with E-state index in [2.05, 4.69) is 29.6 Å². The minimum absolute atomic E-state index is 0.0295. The van der Waals surface area contributed by atoms with Crippen LogP contribution in [0.25, 0.3) is 11.1 Å². The average molecular weight is 466 g/mol. The summed E-state index contributed by atoms with van der Waals surface area (Å²) in [6.07, 6.45) is 0.117. The Morgan fingerprint density at radius 3 is 2.26 bits per heavy atom. The van der Waals surface area contributed by atoms with Gasteiger partial charge in [0.1, 0.15) is 12.6 Å². The second-order valence-electron chi connectivity index (χ2n) is 8.95. The maximum absolute atomic E-state index is 12.8. The predicted octanol–water partition coefficient (Wildman–Crippen LogP) is 2.92. The summed E-state index contributed by atoms with van der Waals surface area (Å²) >= 11 is 0. The molecule has 0 saturated carbocycles. The molecule has 0 bridgehead atoms. The molecule has 2 aromatic carbocycles. The van der Waals surface area contributed by atoms with Gasteiger partial charge in [-0.2, -0.15) is 0 Å². The lowest BCUT2D eigenvalue weighted by Gasteiger charge is -2.37. The molecule has 1 unspecified atom stereocenters. The minimum atomic E-state index is -0.941. The predicted molar refractivity (Wildman–Crippen MR) is 128 cm³/mol. The molecule has 1 aliphatic carbocycles. The normalized spacial score (nSPS) is 18.6. The number of rotatable bonds is 7. The second kappa shape index (κ2) is 10.3. The summed E-state index contributed by atoms with van der Waals surface area (Å²) in [6.45, 7) is 3.22. The molecule has 8 nitrogen and oxygen atoms in total. The first-order valence-electron chi connectivity index (χ1n) is 11.7. The zero-order valence-corrected chi connectivity index (χ0v) is 19.6. The molecule has 2 aromatic rings. The molecule has 1 saturated heterocycles. The number of hydrogen-bond donors (Lipinski definition) is 2. The number of aliphatic carboxylic acids is 1. The van der Waals surface area contributed by atoms with Crippen LogP contribution in [0.5, 0.6) is 0 Å². The molecule has 1 fully saturated rings. The van der Waals surface area contributed by atoms with Gasteiger partial charge in [-0.25, -0.2) is 4.79 Å². The SMILES string of the molecule is CC[C@@H](CC(=O)N1CCN(C)C(C(=O)O)C1)NC(=O)OCC1c2ccccc2-c2ccccc21. The van der Waals surface area contributed by atoms with E-state index < -0.39 is 18.1 Å². The minimum Gasteiger partial charge on any atom is -0.480 e. The van der Waals surface area contributed by atoms with Crippen molar-refractivity contribution in [1.29, 1.82) is 0 Å². The third-order valence-corrected chi connectivity index (χ3v) is 6.87. The summed E-state index contributed by atoms with van der Waals surface area (Å²) in [4.78, 5) is 40.1.